The van der Waals surface area contributed by atoms with Crippen molar-refractivity contribution in [1.82, 2.24) is 19.9 Å². The molecule has 0 aliphatic carbocycles. The van der Waals surface area contributed by atoms with Gasteiger partial charge in [0.15, 0.2) is 5.82 Å². The molecule has 0 fully saturated rings. The Balaban J connectivity index is 1.72. The molecule has 0 amide bonds. The van der Waals surface area contributed by atoms with Crippen molar-refractivity contribution < 1.29 is 0 Å². The quantitative estimate of drug-likeness (QED) is 0.716. The van der Waals surface area contributed by atoms with E-state index >= 15 is 0 Å². The molecular formula is C20H25N5S. The molecule has 0 saturated heterocycles. The van der Waals surface area contributed by atoms with Crippen LogP contribution >= 0.6 is 11.3 Å². The molecule has 5 nitrogen and oxygen atoms in total. The van der Waals surface area contributed by atoms with Crippen molar-refractivity contribution >= 4 is 17.2 Å². The maximum atomic E-state index is 4.76. The average Bonchev–Trinajstić information content (AvgIpc) is 3.08. The summed E-state index contributed by atoms with van der Waals surface area (Å²) in [5.74, 6) is 1.58. The highest BCUT2D eigenvalue weighted by atomic mass is 32.1. The van der Waals surface area contributed by atoms with Crippen molar-refractivity contribution in [3.63, 3.8) is 0 Å². The van der Waals surface area contributed by atoms with Gasteiger partial charge in [0.2, 0.25) is 0 Å². The van der Waals surface area contributed by atoms with Gasteiger partial charge in [-0.2, -0.15) is 0 Å². The summed E-state index contributed by atoms with van der Waals surface area (Å²) >= 11 is 1.74. The van der Waals surface area contributed by atoms with Crippen molar-refractivity contribution in [3.8, 4) is 11.4 Å². The van der Waals surface area contributed by atoms with Gasteiger partial charge in [0.05, 0.1) is 10.7 Å². The van der Waals surface area contributed by atoms with Gasteiger partial charge in [-0.15, -0.1) is 11.3 Å². The minimum Gasteiger partial charge on any atom is -0.369 e. The van der Waals surface area contributed by atoms with Crippen molar-refractivity contribution in [2.45, 2.75) is 46.5 Å². The molecule has 26 heavy (non-hydrogen) atoms. The molecule has 0 radical (unpaired) electrons. The van der Waals surface area contributed by atoms with Gasteiger partial charge < -0.3 is 5.32 Å². The molecule has 0 aliphatic heterocycles. The van der Waals surface area contributed by atoms with E-state index in [-0.39, 0.29) is 5.41 Å². The number of pyridine rings is 1. The van der Waals surface area contributed by atoms with Crippen LogP contribution in [0.15, 0.2) is 29.9 Å². The molecule has 0 unspecified atom stereocenters. The monoisotopic (exact) mass is 367 g/mol. The first-order valence-electron chi connectivity index (χ1n) is 8.79. The molecule has 3 aromatic rings. The molecule has 0 aromatic carbocycles. The molecule has 3 heterocycles. The fourth-order valence-corrected chi connectivity index (χ4v) is 3.44. The predicted octanol–water partition coefficient (Wildman–Crippen LogP) is 4.56. The second kappa shape index (κ2) is 7.50. The van der Waals surface area contributed by atoms with E-state index in [9.17, 15) is 0 Å². The third kappa shape index (κ3) is 4.25. The van der Waals surface area contributed by atoms with Crippen LogP contribution in [0.5, 0.6) is 0 Å². The van der Waals surface area contributed by atoms with E-state index in [2.05, 4.69) is 41.4 Å². The summed E-state index contributed by atoms with van der Waals surface area (Å²) in [7, 11) is 0. The molecule has 0 atom stereocenters. The normalized spacial score (nSPS) is 11.6. The van der Waals surface area contributed by atoms with Gasteiger partial charge in [-0.1, -0.05) is 20.8 Å². The van der Waals surface area contributed by atoms with E-state index in [1.165, 1.54) is 5.01 Å². The minimum atomic E-state index is 0.106. The predicted molar refractivity (Wildman–Crippen MR) is 108 cm³/mol. The van der Waals surface area contributed by atoms with Crippen molar-refractivity contribution in [3.05, 3.63) is 51.9 Å². The van der Waals surface area contributed by atoms with Crippen LogP contribution in [-0.4, -0.2) is 26.5 Å². The maximum Gasteiger partial charge on any atom is 0.163 e. The first-order valence-corrected chi connectivity index (χ1v) is 9.67. The standard InChI is InChI=1S/C20H25N5S/c1-13-14(2)23-18(15-7-6-9-21-11-15)25-17(13)22-10-8-16-12-26-19(24-16)20(3,4)5/h6-7,9,11-12H,8,10H2,1-5H3,(H,22,23,25). The smallest absolute Gasteiger partial charge is 0.163 e. The lowest BCUT2D eigenvalue weighted by atomic mass is 9.98. The number of anilines is 1. The minimum absolute atomic E-state index is 0.106. The van der Waals surface area contributed by atoms with E-state index < -0.39 is 0 Å². The number of nitrogens with one attached hydrogen (secondary N) is 1. The SMILES string of the molecule is Cc1nc(-c2cccnc2)nc(NCCc2csc(C(C)(C)C)n2)c1C. The summed E-state index contributed by atoms with van der Waals surface area (Å²) in [6, 6.07) is 3.88. The summed E-state index contributed by atoms with van der Waals surface area (Å²) in [4.78, 5) is 18.2. The van der Waals surface area contributed by atoms with E-state index in [0.717, 1.165) is 41.3 Å². The highest BCUT2D eigenvalue weighted by Gasteiger charge is 2.18. The zero-order chi connectivity index (χ0) is 18.7. The van der Waals surface area contributed by atoms with E-state index in [1.54, 1.807) is 23.7 Å². The van der Waals surface area contributed by atoms with Crippen LogP contribution in [0.1, 0.15) is 42.7 Å². The van der Waals surface area contributed by atoms with Gasteiger partial charge in [-0.05, 0) is 26.0 Å². The highest BCUT2D eigenvalue weighted by molar-refractivity contribution is 7.09. The lowest BCUT2D eigenvalue weighted by Crippen LogP contribution is -2.12. The summed E-state index contributed by atoms with van der Waals surface area (Å²) in [5.41, 5.74) is 4.21. The lowest BCUT2D eigenvalue weighted by molar-refractivity contribution is 0.583. The Morgan fingerprint density at radius 1 is 1.12 bits per heavy atom. The lowest BCUT2D eigenvalue weighted by Gasteiger charge is -2.14. The first kappa shape index (κ1) is 18.5. The molecule has 0 saturated carbocycles. The van der Waals surface area contributed by atoms with Crippen LogP contribution in [0.4, 0.5) is 5.82 Å². The fraction of sp³-hybridized carbons (Fsp3) is 0.400. The number of aryl methyl sites for hydroxylation is 1. The van der Waals surface area contributed by atoms with Crippen LogP contribution in [0.25, 0.3) is 11.4 Å². The van der Waals surface area contributed by atoms with Gasteiger partial charge in [0, 0.05) is 53.0 Å². The first-order chi connectivity index (χ1) is 12.3. The van der Waals surface area contributed by atoms with Crippen molar-refractivity contribution in [1.29, 1.82) is 0 Å². The number of nitrogens with zero attached hydrogens (tertiary/aromatic N) is 4. The highest BCUT2D eigenvalue weighted by Crippen LogP contribution is 2.26. The van der Waals surface area contributed by atoms with E-state index in [1.807, 2.05) is 26.0 Å². The molecule has 0 spiro atoms. The van der Waals surface area contributed by atoms with Gasteiger partial charge in [0.25, 0.3) is 0 Å². The third-order valence-corrected chi connectivity index (χ3v) is 5.49. The molecule has 3 rings (SSSR count). The Morgan fingerprint density at radius 3 is 2.58 bits per heavy atom. The number of hydrogen-bond acceptors (Lipinski definition) is 6. The zero-order valence-electron chi connectivity index (χ0n) is 16.0. The Hall–Kier alpha value is -2.34. The molecule has 1 N–H and O–H groups in total. The second-order valence-corrected chi connectivity index (χ2v) is 8.28. The summed E-state index contributed by atoms with van der Waals surface area (Å²) in [5, 5.41) is 6.79. The van der Waals surface area contributed by atoms with Crippen molar-refractivity contribution in [2.75, 3.05) is 11.9 Å². The third-order valence-electron chi connectivity index (χ3n) is 4.18. The Kier molecular flexibility index (Phi) is 5.32. The fourth-order valence-electron chi connectivity index (χ4n) is 2.50. The van der Waals surface area contributed by atoms with Gasteiger partial charge in [-0.25, -0.2) is 15.0 Å². The van der Waals surface area contributed by atoms with Gasteiger partial charge >= 0.3 is 0 Å². The average molecular weight is 368 g/mol. The van der Waals surface area contributed by atoms with E-state index in [4.69, 9.17) is 9.97 Å². The number of hydrogen-bond donors (Lipinski definition) is 1. The number of rotatable bonds is 5. The van der Waals surface area contributed by atoms with Crippen LogP contribution in [0.3, 0.4) is 0 Å². The molecule has 136 valence electrons. The Morgan fingerprint density at radius 2 is 1.92 bits per heavy atom. The number of thiazole rings is 1. The van der Waals surface area contributed by atoms with Crippen molar-refractivity contribution in [2.24, 2.45) is 0 Å². The van der Waals surface area contributed by atoms with Gasteiger partial charge in [0.1, 0.15) is 5.82 Å². The second-order valence-electron chi connectivity index (χ2n) is 7.42. The van der Waals surface area contributed by atoms with Crippen LogP contribution in [0.2, 0.25) is 0 Å². The molecule has 6 heteroatoms. The Bertz CT molecular complexity index is 881. The van der Waals surface area contributed by atoms with Crippen LogP contribution in [-0.2, 0) is 11.8 Å². The summed E-state index contributed by atoms with van der Waals surface area (Å²) in [6.07, 6.45) is 4.41. The maximum absolute atomic E-state index is 4.76. The Labute approximate surface area is 159 Å². The molecular weight excluding hydrogens is 342 g/mol. The topological polar surface area (TPSA) is 63.6 Å². The molecule has 0 aliphatic rings. The summed E-state index contributed by atoms with van der Waals surface area (Å²) in [6.45, 7) is 11.4. The molecule has 0 bridgehead atoms. The van der Waals surface area contributed by atoms with E-state index in [0.29, 0.717) is 5.82 Å². The van der Waals surface area contributed by atoms with Crippen LogP contribution < -0.4 is 5.32 Å². The van der Waals surface area contributed by atoms with Gasteiger partial charge in [-0.3, -0.25) is 4.98 Å². The summed E-state index contributed by atoms with van der Waals surface area (Å²) < 4.78 is 0. The number of aromatic nitrogens is 4. The van der Waals surface area contributed by atoms with Crippen LogP contribution in [0, 0.1) is 13.8 Å². The zero-order valence-corrected chi connectivity index (χ0v) is 16.8. The largest absolute Gasteiger partial charge is 0.369 e. The molecule has 3 aromatic heterocycles.